The maximum absolute atomic E-state index is 12.2. The van der Waals surface area contributed by atoms with Gasteiger partial charge in [0.05, 0.1) is 6.61 Å². The molecule has 2 rings (SSSR count). The highest BCUT2D eigenvalue weighted by Gasteiger charge is 2.26. The molecule has 0 aliphatic heterocycles. The number of aromatic nitrogens is 1. The number of unbranched alkanes of at least 4 members (excludes halogenated alkanes) is 6. The number of hydrogen-bond acceptors (Lipinski definition) is 3. The van der Waals surface area contributed by atoms with Crippen molar-refractivity contribution in [3.63, 3.8) is 0 Å². The average Bonchev–Trinajstić information content (AvgIpc) is 2.75. The molecule has 0 fully saturated rings. The van der Waals surface area contributed by atoms with Crippen LogP contribution in [0.2, 0.25) is 0 Å². The second-order valence-corrected chi connectivity index (χ2v) is 9.89. The molecule has 176 valence electrons. The Bertz CT molecular complexity index is 812. The summed E-state index contributed by atoms with van der Waals surface area (Å²) >= 11 is 0. The second kappa shape index (κ2) is 13.4. The maximum Gasteiger partial charge on any atom is 0.356 e. The summed E-state index contributed by atoms with van der Waals surface area (Å²) in [5.41, 5.74) is 5.76. The summed E-state index contributed by atoms with van der Waals surface area (Å²) in [6.45, 7) is 11.7. The standard InChI is InChI=1S/C29H43NO2/c1-6-7-8-9-10-11-12-20-32-28(31)27-18-16-25(22-30-27)21-23(2)15-17-26-24(3)14-13-19-29(26,4)5/h15-18,21-22H,6-14,19-20H2,1-5H3/b17-15+,23-21+. The van der Waals surface area contributed by atoms with Crippen LogP contribution in [-0.4, -0.2) is 17.6 Å². The van der Waals surface area contributed by atoms with Crippen LogP contribution in [0.25, 0.3) is 6.08 Å². The van der Waals surface area contributed by atoms with E-state index in [2.05, 4.69) is 57.8 Å². The number of rotatable bonds is 12. The third-order valence-corrected chi connectivity index (χ3v) is 6.43. The number of nitrogens with zero attached hydrogens (tertiary/aromatic N) is 1. The van der Waals surface area contributed by atoms with Gasteiger partial charge in [0.2, 0.25) is 0 Å². The van der Waals surface area contributed by atoms with Crippen LogP contribution in [0.5, 0.6) is 0 Å². The van der Waals surface area contributed by atoms with Crippen molar-refractivity contribution in [1.29, 1.82) is 0 Å². The molecule has 3 nitrogen and oxygen atoms in total. The fraction of sp³-hybridized carbons (Fsp3) is 0.586. The van der Waals surface area contributed by atoms with Gasteiger partial charge in [0.25, 0.3) is 0 Å². The molecule has 3 heteroatoms. The summed E-state index contributed by atoms with van der Waals surface area (Å²) in [5.74, 6) is -0.329. The lowest BCUT2D eigenvalue weighted by atomic mass is 9.72. The van der Waals surface area contributed by atoms with Gasteiger partial charge in [0.1, 0.15) is 5.69 Å². The van der Waals surface area contributed by atoms with Crippen LogP contribution in [0.3, 0.4) is 0 Å². The molecule has 0 spiro atoms. The number of carbonyl (C=O) groups is 1. The average molecular weight is 438 g/mol. The first-order valence-corrected chi connectivity index (χ1v) is 12.5. The van der Waals surface area contributed by atoms with E-state index in [1.165, 1.54) is 68.1 Å². The molecule has 0 aromatic carbocycles. The van der Waals surface area contributed by atoms with Crippen molar-refractivity contribution >= 4 is 12.0 Å². The zero-order valence-corrected chi connectivity index (χ0v) is 21.0. The van der Waals surface area contributed by atoms with E-state index in [1.807, 2.05) is 6.07 Å². The van der Waals surface area contributed by atoms with Crippen LogP contribution < -0.4 is 0 Å². The Kier molecular flexibility index (Phi) is 10.9. The molecule has 1 heterocycles. The number of hydrogen-bond donors (Lipinski definition) is 0. The van der Waals surface area contributed by atoms with Gasteiger partial charge < -0.3 is 4.74 Å². The van der Waals surface area contributed by atoms with Gasteiger partial charge >= 0.3 is 5.97 Å². The Hall–Kier alpha value is -2.16. The SMILES string of the molecule is CCCCCCCCCOC(=O)c1ccc(/C=C(C)/C=C/C2=C(C)CCCC2(C)C)cn1. The van der Waals surface area contributed by atoms with E-state index in [9.17, 15) is 4.79 Å². The van der Waals surface area contributed by atoms with Crippen molar-refractivity contribution < 1.29 is 9.53 Å². The Labute approximate surface area is 196 Å². The normalized spacial score (nSPS) is 16.6. The lowest BCUT2D eigenvalue weighted by molar-refractivity contribution is 0.0490. The molecule has 0 N–H and O–H groups in total. The number of carbonyl (C=O) groups excluding carboxylic acids is 1. The van der Waals surface area contributed by atoms with Crippen LogP contribution >= 0.6 is 0 Å². The van der Waals surface area contributed by atoms with E-state index in [1.54, 1.807) is 12.3 Å². The lowest BCUT2D eigenvalue weighted by Gasteiger charge is -2.32. The zero-order valence-electron chi connectivity index (χ0n) is 21.0. The van der Waals surface area contributed by atoms with Crippen molar-refractivity contribution in [3.05, 3.63) is 58.5 Å². The minimum Gasteiger partial charge on any atom is -0.461 e. The molecule has 0 saturated heterocycles. The van der Waals surface area contributed by atoms with Crippen LogP contribution in [0.1, 0.15) is 115 Å². The number of esters is 1. The molecular weight excluding hydrogens is 394 g/mol. The van der Waals surface area contributed by atoms with E-state index in [-0.39, 0.29) is 11.4 Å². The fourth-order valence-corrected chi connectivity index (χ4v) is 4.45. The predicted octanol–water partition coefficient (Wildman–Crippen LogP) is 8.48. The third-order valence-electron chi connectivity index (χ3n) is 6.43. The van der Waals surface area contributed by atoms with Gasteiger partial charge in [0, 0.05) is 6.20 Å². The Balaban J connectivity index is 1.82. The molecule has 1 aliphatic carbocycles. The molecule has 0 bridgehead atoms. The van der Waals surface area contributed by atoms with E-state index < -0.39 is 0 Å². The molecule has 1 aromatic rings. The molecule has 1 aromatic heterocycles. The first-order valence-electron chi connectivity index (χ1n) is 12.5. The smallest absolute Gasteiger partial charge is 0.356 e. The monoisotopic (exact) mass is 437 g/mol. The summed E-state index contributed by atoms with van der Waals surface area (Å²) in [5, 5.41) is 0. The van der Waals surface area contributed by atoms with Crippen molar-refractivity contribution in [1.82, 2.24) is 4.98 Å². The van der Waals surface area contributed by atoms with Crippen molar-refractivity contribution in [3.8, 4) is 0 Å². The minimum absolute atomic E-state index is 0.248. The van der Waals surface area contributed by atoms with Gasteiger partial charge in [0.15, 0.2) is 0 Å². The number of ether oxygens (including phenoxy) is 1. The third kappa shape index (κ3) is 8.76. The molecule has 0 atom stereocenters. The topological polar surface area (TPSA) is 39.2 Å². The molecular formula is C29H43NO2. The molecule has 0 saturated carbocycles. The molecule has 0 radical (unpaired) electrons. The second-order valence-electron chi connectivity index (χ2n) is 9.89. The van der Waals surface area contributed by atoms with Gasteiger partial charge in [-0.15, -0.1) is 0 Å². The Morgan fingerprint density at radius 2 is 1.84 bits per heavy atom. The van der Waals surface area contributed by atoms with Gasteiger partial charge in [-0.3, -0.25) is 0 Å². The Morgan fingerprint density at radius 1 is 1.12 bits per heavy atom. The number of allylic oxidation sites excluding steroid dienone is 5. The molecule has 0 amide bonds. The summed E-state index contributed by atoms with van der Waals surface area (Å²) in [7, 11) is 0. The summed E-state index contributed by atoms with van der Waals surface area (Å²) in [4.78, 5) is 16.5. The fourth-order valence-electron chi connectivity index (χ4n) is 4.45. The van der Waals surface area contributed by atoms with Crippen LogP contribution in [0.15, 0.2) is 47.2 Å². The summed E-state index contributed by atoms with van der Waals surface area (Å²) in [6.07, 6.45) is 20.5. The number of pyridine rings is 1. The van der Waals surface area contributed by atoms with Crippen LogP contribution in [-0.2, 0) is 4.74 Å². The largest absolute Gasteiger partial charge is 0.461 e. The van der Waals surface area contributed by atoms with E-state index in [0.717, 1.165) is 18.4 Å². The first-order chi connectivity index (χ1) is 15.3. The lowest BCUT2D eigenvalue weighted by Crippen LogP contribution is -2.19. The van der Waals surface area contributed by atoms with Crippen LogP contribution in [0, 0.1) is 5.41 Å². The van der Waals surface area contributed by atoms with Crippen molar-refractivity contribution in [2.45, 2.75) is 98.8 Å². The highest BCUT2D eigenvalue weighted by atomic mass is 16.5. The van der Waals surface area contributed by atoms with Crippen molar-refractivity contribution in [2.24, 2.45) is 5.41 Å². The predicted molar refractivity (Wildman–Crippen MR) is 136 cm³/mol. The van der Waals surface area contributed by atoms with Gasteiger partial charge in [-0.1, -0.05) is 94.7 Å². The van der Waals surface area contributed by atoms with Gasteiger partial charge in [-0.05, 0) is 62.1 Å². The van der Waals surface area contributed by atoms with E-state index in [4.69, 9.17) is 4.74 Å². The highest BCUT2D eigenvalue weighted by Crippen LogP contribution is 2.40. The van der Waals surface area contributed by atoms with Gasteiger partial charge in [-0.25, -0.2) is 9.78 Å². The van der Waals surface area contributed by atoms with E-state index >= 15 is 0 Å². The first kappa shape index (κ1) is 26.1. The molecule has 1 aliphatic rings. The maximum atomic E-state index is 12.2. The minimum atomic E-state index is -0.329. The quantitative estimate of drug-likeness (QED) is 0.187. The Morgan fingerprint density at radius 3 is 2.50 bits per heavy atom. The van der Waals surface area contributed by atoms with Gasteiger partial charge in [-0.2, -0.15) is 0 Å². The zero-order chi connectivity index (χ0) is 23.4. The molecule has 0 unspecified atom stereocenters. The van der Waals surface area contributed by atoms with Crippen molar-refractivity contribution in [2.75, 3.05) is 6.61 Å². The van der Waals surface area contributed by atoms with Crippen LogP contribution in [0.4, 0.5) is 0 Å². The highest BCUT2D eigenvalue weighted by molar-refractivity contribution is 5.87. The summed E-state index contributed by atoms with van der Waals surface area (Å²) in [6, 6.07) is 3.69. The summed E-state index contributed by atoms with van der Waals surface area (Å²) < 4.78 is 5.38. The van der Waals surface area contributed by atoms with E-state index in [0.29, 0.717) is 12.3 Å². The molecule has 32 heavy (non-hydrogen) atoms.